The number of hydrogen-bond acceptors (Lipinski definition) is 6. The first-order valence-corrected chi connectivity index (χ1v) is 10.0. The molecule has 0 amide bonds. The van der Waals surface area contributed by atoms with Crippen molar-refractivity contribution in [3.05, 3.63) is 83.9 Å². The third-order valence-electron chi connectivity index (χ3n) is 3.91. The Kier molecular flexibility index (Phi) is 6.22. The van der Waals surface area contributed by atoms with Gasteiger partial charge in [-0.25, -0.2) is 4.57 Å². The zero-order chi connectivity index (χ0) is 20.9. The molecule has 0 fully saturated rings. The minimum atomic E-state index is -4.37. The van der Waals surface area contributed by atoms with Crippen LogP contribution in [0.2, 0.25) is 0 Å². The number of phosphoric acid groups is 1. The second kappa shape index (κ2) is 8.82. The molecule has 0 heterocycles. The molecular weight excluding hydrogens is 395 g/mol. The SMILES string of the molecule is COc1cc(OC)cc(C(=O)c2ccc(OP(=O)(O)Oc3ccccc3)cc2)c1. The van der Waals surface area contributed by atoms with Crippen molar-refractivity contribution in [3.8, 4) is 23.0 Å². The maximum absolute atomic E-state index is 12.7. The summed E-state index contributed by atoms with van der Waals surface area (Å²) in [4.78, 5) is 22.6. The van der Waals surface area contributed by atoms with Gasteiger partial charge in [0.15, 0.2) is 5.78 Å². The number of ether oxygens (including phenoxy) is 2. The number of phosphoric ester groups is 1. The summed E-state index contributed by atoms with van der Waals surface area (Å²) in [6, 6.07) is 18.9. The Balaban J connectivity index is 1.74. The topological polar surface area (TPSA) is 91.3 Å². The Morgan fingerprint density at radius 2 is 1.24 bits per heavy atom. The molecule has 0 aliphatic carbocycles. The van der Waals surface area contributed by atoms with E-state index in [1.54, 1.807) is 36.4 Å². The Morgan fingerprint density at radius 1 is 0.724 bits per heavy atom. The van der Waals surface area contributed by atoms with E-state index in [4.69, 9.17) is 18.5 Å². The fraction of sp³-hybridized carbons (Fsp3) is 0.0952. The predicted octanol–water partition coefficient (Wildman–Crippen LogP) is 4.49. The molecule has 7 nitrogen and oxygen atoms in total. The van der Waals surface area contributed by atoms with Gasteiger partial charge in [-0.2, -0.15) is 0 Å². The van der Waals surface area contributed by atoms with Gasteiger partial charge in [0.2, 0.25) is 0 Å². The lowest BCUT2D eigenvalue weighted by Crippen LogP contribution is -2.03. The first kappa shape index (κ1) is 20.5. The highest BCUT2D eigenvalue weighted by Crippen LogP contribution is 2.44. The quantitative estimate of drug-likeness (QED) is 0.429. The van der Waals surface area contributed by atoms with Gasteiger partial charge in [0, 0.05) is 17.2 Å². The number of rotatable bonds is 8. The van der Waals surface area contributed by atoms with Crippen LogP contribution in [0.5, 0.6) is 23.0 Å². The van der Waals surface area contributed by atoms with E-state index in [0.29, 0.717) is 22.6 Å². The fourth-order valence-corrected chi connectivity index (χ4v) is 3.35. The van der Waals surface area contributed by atoms with Gasteiger partial charge in [-0.1, -0.05) is 18.2 Å². The molecule has 0 aliphatic heterocycles. The molecule has 3 aromatic rings. The first-order valence-electron chi connectivity index (χ1n) is 8.55. The van der Waals surface area contributed by atoms with Crippen LogP contribution in [0.3, 0.4) is 0 Å². The van der Waals surface area contributed by atoms with E-state index in [2.05, 4.69) is 0 Å². The maximum atomic E-state index is 12.7. The molecule has 0 saturated heterocycles. The summed E-state index contributed by atoms with van der Waals surface area (Å²) in [5.74, 6) is 1.02. The normalized spacial score (nSPS) is 12.5. The fourth-order valence-electron chi connectivity index (χ4n) is 2.54. The molecule has 29 heavy (non-hydrogen) atoms. The molecule has 1 unspecified atom stereocenters. The van der Waals surface area contributed by atoms with Crippen LogP contribution >= 0.6 is 7.82 Å². The molecule has 1 N–H and O–H groups in total. The van der Waals surface area contributed by atoms with Gasteiger partial charge in [0.1, 0.15) is 23.0 Å². The summed E-state index contributed by atoms with van der Waals surface area (Å²) in [5, 5.41) is 0. The predicted molar refractivity (Wildman–Crippen MR) is 107 cm³/mol. The molecule has 150 valence electrons. The van der Waals surface area contributed by atoms with E-state index in [9.17, 15) is 14.3 Å². The third kappa shape index (κ3) is 5.38. The molecule has 0 aromatic heterocycles. The molecule has 0 saturated carbocycles. The highest BCUT2D eigenvalue weighted by Gasteiger charge is 2.25. The third-order valence-corrected chi connectivity index (χ3v) is 4.80. The summed E-state index contributed by atoms with van der Waals surface area (Å²) in [6.07, 6.45) is 0. The van der Waals surface area contributed by atoms with E-state index in [-0.39, 0.29) is 17.3 Å². The molecule has 3 aromatic carbocycles. The Bertz CT molecular complexity index is 1010. The number of carbonyl (C=O) groups excluding carboxylic acids is 1. The summed E-state index contributed by atoms with van der Waals surface area (Å²) < 4.78 is 32.6. The van der Waals surface area contributed by atoms with Crippen LogP contribution in [0.25, 0.3) is 0 Å². The van der Waals surface area contributed by atoms with Gasteiger partial charge in [-0.15, -0.1) is 0 Å². The van der Waals surface area contributed by atoms with Crippen molar-refractivity contribution in [2.75, 3.05) is 14.2 Å². The maximum Gasteiger partial charge on any atom is 0.584 e. The summed E-state index contributed by atoms with van der Waals surface area (Å²) in [7, 11) is -1.37. The minimum Gasteiger partial charge on any atom is -0.497 e. The van der Waals surface area contributed by atoms with Crippen molar-refractivity contribution in [3.63, 3.8) is 0 Å². The molecule has 0 radical (unpaired) electrons. The van der Waals surface area contributed by atoms with Gasteiger partial charge in [0.25, 0.3) is 0 Å². The number of hydrogen-bond donors (Lipinski definition) is 1. The molecule has 0 aliphatic rings. The summed E-state index contributed by atoms with van der Waals surface area (Å²) in [5.41, 5.74) is 0.750. The Hall–Kier alpha value is -3.28. The average Bonchev–Trinajstić information content (AvgIpc) is 2.73. The smallest absolute Gasteiger partial charge is 0.497 e. The number of para-hydroxylation sites is 1. The number of ketones is 1. The second-order valence-electron chi connectivity index (χ2n) is 5.92. The van der Waals surface area contributed by atoms with Crippen LogP contribution in [-0.4, -0.2) is 24.9 Å². The van der Waals surface area contributed by atoms with Crippen molar-refractivity contribution in [1.82, 2.24) is 0 Å². The number of benzene rings is 3. The van der Waals surface area contributed by atoms with Crippen molar-refractivity contribution in [1.29, 1.82) is 0 Å². The molecule has 0 bridgehead atoms. The molecule has 8 heteroatoms. The largest absolute Gasteiger partial charge is 0.584 e. The number of methoxy groups -OCH3 is 2. The van der Waals surface area contributed by atoms with E-state index in [0.717, 1.165) is 0 Å². The zero-order valence-electron chi connectivity index (χ0n) is 15.8. The average molecular weight is 414 g/mol. The van der Waals surface area contributed by atoms with Crippen LogP contribution in [-0.2, 0) is 4.57 Å². The van der Waals surface area contributed by atoms with Gasteiger partial charge in [-0.3, -0.25) is 9.69 Å². The van der Waals surface area contributed by atoms with Gasteiger partial charge >= 0.3 is 7.82 Å². The molecule has 1 atom stereocenters. The Morgan fingerprint density at radius 3 is 1.76 bits per heavy atom. The lowest BCUT2D eigenvalue weighted by Gasteiger charge is -2.14. The van der Waals surface area contributed by atoms with Gasteiger partial charge < -0.3 is 18.5 Å². The van der Waals surface area contributed by atoms with Crippen LogP contribution in [0.1, 0.15) is 15.9 Å². The molecule has 3 rings (SSSR count). The highest BCUT2D eigenvalue weighted by atomic mass is 31.2. The standard InChI is InChI=1S/C21H19O7P/c1-25-19-12-16(13-20(14-19)26-2)21(22)15-8-10-18(11-9-15)28-29(23,24)27-17-6-4-3-5-7-17/h3-14H,1-2H3,(H,23,24). The van der Waals surface area contributed by atoms with E-state index in [1.807, 2.05) is 0 Å². The van der Waals surface area contributed by atoms with Crippen LogP contribution in [0, 0.1) is 0 Å². The van der Waals surface area contributed by atoms with Crippen LogP contribution in [0.15, 0.2) is 72.8 Å². The summed E-state index contributed by atoms with van der Waals surface area (Å²) >= 11 is 0. The van der Waals surface area contributed by atoms with E-state index in [1.165, 1.54) is 50.6 Å². The van der Waals surface area contributed by atoms with E-state index < -0.39 is 7.82 Å². The Labute approximate surface area is 168 Å². The highest BCUT2D eigenvalue weighted by molar-refractivity contribution is 7.48. The number of carbonyl (C=O) groups is 1. The van der Waals surface area contributed by atoms with Gasteiger partial charge in [-0.05, 0) is 48.5 Å². The monoisotopic (exact) mass is 414 g/mol. The van der Waals surface area contributed by atoms with E-state index >= 15 is 0 Å². The molecule has 0 spiro atoms. The van der Waals surface area contributed by atoms with Crippen molar-refractivity contribution in [2.45, 2.75) is 0 Å². The molecular formula is C21H19O7P. The minimum absolute atomic E-state index is 0.0894. The lowest BCUT2D eigenvalue weighted by atomic mass is 10.0. The van der Waals surface area contributed by atoms with Crippen LogP contribution in [0.4, 0.5) is 0 Å². The van der Waals surface area contributed by atoms with Crippen molar-refractivity contribution in [2.24, 2.45) is 0 Å². The zero-order valence-corrected chi connectivity index (χ0v) is 16.7. The van der Waals surface area contributed by atoms with Crippen molar-refractivity contribution < 1.29 is 32.8 Å². The summed E-state index contributed by atoms with van der Waals surface area (Å²) in [6.45, 7) is 0. The first-order chi connectivity index (χ1) is 13.9. The van der Waals surface area contributed by atoms with Gasteiger partial charge in [0.05, 0.1) is 14.2 Å². The lowest BCUT2D eigenvalue weighted by molar-refractivity contribution is 0.103. The second-order valence-corrected chi connectivity index (χ2v) is 7.22. The van der Waals surface area contributed by atoms with Crippen LogP contribution < -0.4 is 18.5 Å². The van der Waals surface area contributed by atoms with Crippen molar-refractivity contribution >= 4 is 13.6 Å².